The van der Waals surface area contributed by atoms with Crippen molar-refractivity contribution in [2.75, 3.05) is 19.8 Å². The molecule has 0 unspecified atom stereocenters. The summed E-state index contributed by atoms with van der Waals surface area (Å²) in [5, 5.41) is 11.6. The van der Waals surface area contributed by atoms with Crippen LogP contribution in [0.3, 0.4) is 0 Å². The molecule has 0 aromatic carbocycles. The Labute approximate surface area is 81.6 Å². The van der Waals surface area contributed by atoms with Crippen LogP contribution in [0.15, 0.2) is 5.16 Å². The van der Waals surface area contributed by atoms with Crippen molar-refractivity contribution in [2.24, 2.45) is 5.16 Å². The molecular weight excluding hydrogens is 192 g/mol. The predicted octanol–water partition coefficient (Wildman–Crippen LogP) is 0.113. The Morgan fingerprint density at radius 2 is 2.33 bits per heavy atom. The molecule has 1 rings (SSSR count). The average molecular weight is 207 g/mol. The fraction of sp³-hybridized carbons (Fsp3) is 0.857. The van der Waals surface area contributed by atoms with Crippen LogP contribution in [0.25, 0.3) is 0 Å². The minimum Gasteiger partial charge on any atom is -0.411 e. The first-order valence-corrected chi connectivity index (χ1v) is 5.78. The summed E-state index contributed by atoms with van der Waals surface area (Å²) >= 11 is 3.78. The molecular formula is C7H15N2OS2+. The molecule has 0 amide bonds. The highest BCUT2D eigenvalue weighted by Gasteiger charge is 2.39. The zero-order chi connectivity index (χ0) is 9.19. The van der Waals surface area contributed by atoms with E-state index in [4.69, 9.17) is 5.21 Å². The Kier molecular flexibility index (Phi) is 3.31. The summed E-state index contributed by atoms with van der Waals surface area (Å²) in [6.07, 6.45) is 1.63. The second kappa shape index (κ2) is 3.89. The quantitative estimate of drug-likeness (QED) is 0.383. The highest BCUT2D eigenvalue weighted by molar-refractivity contribution is 8.21. The molecule has 3 nitrogen and oxygen atoms in total. The van der Waals surface area contributed by atoms with Gasteiger partial charge in [-0.3, -0.25) is 0 Å². The topological polar surface area (TPSA) is 37.0 Å². The normalized spacial score (nSPS) is 36.8. The lowest BCUT2D eigenvalue weighted by atomic mass is 10.2. The van der Waals surface area contributed by atoms with Crippen molar-refractivity contribution in [2.45, 2.75) is 16.4 Å². The van der Waals surface area contributed by atoms with E-state index in [0.29, 0.717) is 4.71 Å². The number of nitrogens with zero attached hydrogens (tertiary/aromatic N) is 1. The fourth-order valence-electron chi connectivity index (χ4n) is 1.03. The van der Waals surface area contributed by atoms with Gasteiger partial charge in [0.15, 0.2) is 4.71 Å². The zero-order valence-corrected chi connectivity index (χ0v) is 9.21. The van der Waals surface area contributed by atoms with Gasteiger partial charge in [-0.1, -0.05) is 23.5 Å². The molecule has 5 heteroatoms. The summed E-state index contributed by atoms with van der Waals surface area (Å²) < 4.78 is 0.578. The van der Waals surface area contributed by atoms with E-state index in [-0.39, 0.29) is 4.75 Å². The Morgan fingerprint density at radius 3 is 2.75 bits per heavy atom. The standard InChI is InChI=1S/C7H14N2OS2/c1-7(4-8-10)5-11-6(12-7)9(2)3/h4,6,10H,5H2,1-3H3/p+1/b8-4-/t6-,7+/m1/s1. The van der Waals surface area contributed by atoms with Gasteiger partial charge in [0.1, 0.15) is 0 Å². The average Bonchev–Trinajstić information content (AvgIpc) is 2.33. The van der Waals surface area contributed by atoms with Crippen molar-refractivity contribution in [1.82, 2.24) is 0 Å². The number of nitrogens with one attached hydrogen (secondary N) is 1. The van der Waals surface area contributed by atoms with Crippen LogP contribution in [0.1, 0.15) is 6.92 Å². The maximum absolute atomic E-state index is 8.46. The van der Waals surface area contributed by atoms with Gasteiger partial charge in [0.05, 0.1) is 25.1 Å². The van der Waals surface area contributed by atoms with Crippen molar-refractivity contribution in [3.8, 4) is 0 Å². The predicted molar refractivity (Wildman–Crippen MR) is 55.3 cm³/mol. The second-order valence-corrected chi connectivity index (χ2v) is 6.43. The fourth-order valence-corrected chi connectivity index (χ4v) is 4.36. The first kappa shape index (κ1) is 10.2. The van der Waals surface area contributed by atoms with E-state index in [1.807, 2.05) is 23.5 Å². The summed E-state index contributed by atoms with van der Waals surface area (Å²) in [6, 6.07) is 0. The van der Waals surface area contributed by atoms with Crippen LogP contribution in [-0.2, 0) is 0 Å². The van der Waals surface area contributed by atoms with Crippen molar-refractivity contribution in [3.63, 3.8) is 0 Å². The van der Waals surface area contributed by atoms with Crippen LogP contribution in [0.4, 0.5) is 0 Å². The molecule has 0 spiro atoms. The molecule has 1 fully saturated rings. The highest BCUT2D eigenvalue weighted by atomic mass is 32.2. The Hall–Kier alpha value is 0.130. The highest BCUT2D eigenvalue weighted by Crippen LogP contribution is 2.41. The molecule has 0 aromatic rings. The molecule has 1 saturated heterocycles. The van der Waals surface area contributed by atoms with Crippen LogP contribution >= 0.6 is 23.5 Å². The van der Waals surface area contributed by atoms with Crippen LogP contribution < -0.4 is 4.90 Å². The molecule has 0 saturated carbocycles. The van der Waals surface area contributed by atoms with E-state index in [1.165, 1.54) is 4.90 Å². The number of quaternary nitrogens is 1. The molecule has 2 N–H and O–H groups in total. The summed E-state index contributed by atoms with van der Waals surface area (Å²) in [5.41, 5.74) is 0. The SMILES string of the molecule is C[NH+](C)[C@@H]1SC[C@](C)(/C=N\O)S1. The van der Waals surface area contributed by atoms with Crippen LogP contribution in [0, 0.1) is 0 Å². The van der Waals surface area contributed by atoms with Gasteiger partial charge in [-0.15, -0.1) is 5.16 Å². The zero-order valence-electron chi connectivity index (χ0n) is 7.57. The van der Waals surface area contributed by atoms with Crippen molar-refractivity contribution in [3.05, 3.63) is 0 Å². The minimum atomic E-state index is 0.0152. The molecule has 0 bridgehead atoms. The van der Waals surface area contributed by atoms with Crippen LogP contribution in [-0.4, -0.2) is 40.7 Å². The number of thioether (sulfide) groups is 2. The smallest absolute Gasteiger partial charge is 0.182 e. The van der Waals surface area contributed by atoms with Gasteiger partial charge in [-0.25, -0.2) is 0 Å². The lowest BCUT2D eigenvalue weighted by Gasteiger charge is -2.17. The number of hydrogen-bond acceptors (Lipinski definition) is 4. The van der Waals surface area contributed by atoms with Gasteiger partial charge >= 0.3 is 0 Å². The molecule has 1 heterocycles. The maximum Gasteiger partial charge on any atom is 0.182 e. The molecule has 12 heavy (non-hydrogen) atoms. The summed E-state index contributed by atoms with van der Waals surface area (Å²) in [5.74, 6) is 1.03. The lowest BCUT2D eigenvalue weighted by molar-refractivity contribution is -0.853. The lowest BCUT2D eigenvalue weighted by Crippen LogP contribution is -3.08. The van der Waals surface area contributed by atoms with Gasteiger partial charge < -0.3 is 10.1 Å². The Bertz CT molecular complexity index is 186. The summed E-state index contributed by atoms with van der Waals surface area (Å²) in [4.78, 5) is 1.43. The molecule has 0 aliphatic carbocycles. The molecule has 70 valence electrons. The first-order valence-electron chi connectivity index (χ1n) is 3.85. The number of oxime groups is 1. The van der Waals surface area contributed by atoms with E-state index in [2.05, 4.69) is 26.2 Å². The van der Waals surface area contributed by atoms with E-state index in [0.717, 1.165) is 5.75 Å². The van der Waals surface area contributed by atoms with E-state index in [9.17, 15) is 0 Å². The molecule has 1 aliphatic heterocycles. The second-order valence-electron chi connectivity index (χ2n) is 3.40. The van der Waals surface area contributed by atoms with Gasteiger partial charge in [-0.05, 0) is 6.92 Å². The minimum absolute atomic E-state index is 0.0152. The van der Waals surface area contributed by atoms with Gasteiger partial charge in [0.2, 0.25) is 0 Å². The molecule has 0 radical (unpaired) electrons. The maximum atomic E-state index is 8.46. The van der Waals surface area contributed by atoms with Gasteiger partial charge in [0.25, 0.3) is 0 Å². The third-order valence-electron chi connectivity index (χ3n) is 1.70. The molecule has 0 aromatic heterocycles. The first-order chi connectivity index (χ1) is 5.57. The van der Waals surface area contributed by atoms with E-state index in [1.54, 1.807) is 6.21 Å². The van der Waals surface area contributed by atoms with E-state index < -0.39 is 0 Å². The van der Waals surface area contributed by atoms with Crippen LogP contribution in [0.5, 0.6) is 0 Å². The molecule has 1 aliphatic rings. The number of hydrogen-bond donors (Lipinski definition) is 2. The third kappa shape index (κ3) is 2.31. The molecule has 2 atom stereocenters. The summed E-state index contributed by atoms with van der Waals surface area (Å²) in [6.45, 7) is 2.10. The summed E-state index contributed by atoms with van der Waals surface area (Å²) in [7, 11) is 4.29. The number of rotatable bonds is 2. The third-order valence-corrected chi connectivity index (χ3v) is 5.59. The van der Waals surface area contributed by atoms with Gasteiger partial charge in [0, 0.05) is 5.75 Å². The van der Waals surface area contributed by atoms with Crippen molar-refractivity contribution < 1.29 is 10.1 Å². The van der Waals surface area contributed by atoms with Crippen molar-refractivity contribution in [1.29, 1.82) is 0 Å². The monoisotopic (exact) mass is 207 g/mol. The Morgan fingerprint density at radius 1 is 1.67 bits per heavy atom. The van der Waals surface area contributed by atoms with Crippen LogP contribution in [0.2, 0.25) is 0 Å². The van der Waals surface area contributed by atoms with Gasteiger partial charge in [-0.2, -0.15) is 0 Å². The van der Waals surface area contributed by atoms with Crippen molar-refractivity contribution >= 4 is 29.7 Å². The van der Waals surface area contributed by atoms with E-state index >= 15 is 0 Å². The largest absolute Gasteiger partial charge is 0.411 e. The Balaban J connectivity index is 2.54.